The van der Waals surface area contributed by atoms with Crippen molar-refractivity contribution in [2.24, 2.45) is 0 Å². The van der Waals surface area contributed by atoms with E-state index in [2.05, 4.69) is 20.8 Å². The van der Waals surface area contributed by atoms with Gasteiger partial charge in [0.2, 0.25) is 5.91 Å². The van der Waals surface area contributed by atoms with Crippen molar-refractivity contribution in [1.29, 1.82) is 0 Å². The predicted molar refractivity (Wildman–Crippen MR) is 102 cm³/mol. The van der Waals surface area contributed by atoms with Gasteiger partial charge in [-0.15, -0.1) is 10.2 Å². The quantitative estimate of drug-likeness (QED) is 0.530. The van der Waals surface area contributed by atoms with Gasteiger partial charge in [0.25, 0.3) is 0 Å². The summed E-state index contributed by atoms with van der Waals surface area (Å²) in [6.07, 6.45) is 0.498. The summed E-state index contributed by atoms with van der Waals surface area (Å²) in [6.45, 7) is 4.05. The number of hydrogen-bond acceptors (Lipinski definition) is 7. The summed E-state index contributed by atoms with van der Waals surface area (Å²) >= 11 is 1.23. The van der Waals surface area contributed by atoms with Crippen molar-refractivity contribution >= 4 is 29.7 Å². The van der Waals surface area contributed by atoms with E-state index in [4.69, 9.17) is 4.74 Å². The van der Waals surface area contributed by atoms with E-state index in [1.165, 1.54) is 11.8 Å². The molecule has 1 unspecified atom stereocenters. The molecule has 0 spiro atoms. The summed E-state index contributed by atoms with van der Waals surface area (Å²) in [5, 5.41) is 13.9. The molecular formula is C18H21N5O4S. The summed E-state index contributed by atoms with van der Waals surface area (Å²) in [7, 11) is 0. The minimum Gasteiger partial charge on any atom is -0.465 e. The minimum absolute atomic E-state index is 0.111. The van der Waals surface area contributed by atoms with E-state index in [1.807, 2.05) is 35.8 Å². The molecule has 1 aromatic carbocycles. The van der Waals surface area contributed by atoms with Crippen LogP contribution in [0, 0.1) is 6.92 Å². The zero-order valence-corrected chi connectivity index (χ0v) is 16.4. The van der Waals surface area contributed by atoms with Gasteiger partial charge >= 0.3 is 12.0 Å². The third kappa shape index (κ3) is 4.89. The number of nitrogens with zero attached hydrogens (tertiary/aromatic N) is 3. The first-order chi connectivity index (χ1) is 13.5. The Morgan fingerprint density at radius 1 is 1.36 bits per heavy atom. The predicted octanol–water partition coefficient (Wildman–Crippen LogP) is 1.37. The van der Waals surface area contributed by atoms with Crippen LogP contribution in [0.3, 0.4) is 0 Å². The summed E-state index contributed by atoms with van der Waals surface area (Å²) in [5.41, 5.74) is 1.90. The first-order valence-electron chi connectivity index (χ1n) is 8.86. The van der Waals surface area contributed by atoms with Gasteiger partial charge in [-0.25, -0.2) is 4.79 Å². The highest BCUT2D eigenvalue weighted by Gasteiger charge is 2.27. The van der Waals surface area contributed by atoms with Crippen LogP contribution in [0.4, 0.5) is 4.79 Å². The molecule has 1 aliphatic heterocycles. The average Bonchev–Trinajstić information content (AvgIpc) is 3.02. The Labute approximate surface area is 166 Å². The van der Waals surface area contributed by atoms with Crippen LogP contribution >= 0.6 is 11.8 Å². The number of carbonyl (C=O) groups excluding carboxylic acids is 3. The fraction of sp³-hybridized carbons (Fsp3) is 0.389. The fourth-order valence-corrected chi connectivity index (χ4v) is 3.66. The van der Waals surface area contributed by atoms with Crippen LogP contribution in [-0.4, -0.2) is 51.1 Å². The van der Waals surface area contributed by atoms with E-state index in [9.17, 15) is 14.4 Å². The minimum atomic E-state index is -0.514. The number of urea groups is 1. The lowest BCUT2D eigenvalue weighted by Crippen LogP contribution is -2.53. The van der Waals surface area contributed by atoms with Gasteiger partial charge in [-0.2, -0.15) is 0 Å². The lowest BCUT2D eigenvalue weighted by atomic mass is 10.1. The van der Waals surface area contributed by atoms with Crippen LogP contribution in [0.25, 0.3) is 5.69 Å². The topological polar surface area (TPSA) is 115 Å². The van der Waals surface area contributed by atoms with Gasteiger partial charge in [-0.3, -0.25) is 19.5 Å². The summed E-state index contributed by atoms with van der Waals surface area (Å²) in [6, 6.07) is 6.90. The maximum absolute atomic E-state index is 11.7. The van der Waals surface area contributed by atoms with E-state index in [-0.39, 0.29) is 30.1 Å². The maximum atomic E-state index is 11.7. The van der Waals surface area contributed by atoms with Crippen LogP contribution in [0.5, 0.6) is 0 Å². The number of thioether (sulfide) groups is 1. The Bertz CT molecular complexity index is 882. The van der Waals surface area contributed by atoms with E-state index < -0.39 is 6.03 Å². The van der Waals surface area contributed by atoms with E-state index in [1.54, 1.807) is 6.92 Å². The molecule has 28 heavy (non-hydrogen) atoms. The van der Waals surface area contributed by atoms with Gasteiger partial charge in [-0.05, 0) is 31.5 Å². The molecule has 2 aromatic rings. The highest BCUT2D eigenvalue weighted by atomic mass is 32.2. The summed E-state index contributed by atoms with van der Waals surface area (Å²) < 4.78 is 6.81. The molecule has 0 aliphatic carbocycles. The van der Waals surface area contributed by atoms with Gasteiger partial charge in [0, 0.05) is 24.6 Å². The molecule has 2 N–H and O–H groups in total. The molecular weight excluding hydrogens is 382 g/mol. The molecule has 9 nitrogen and oxygen atoms in total. The number of aromatic nitrogens is 3. The molecule has 3 rings (SSSR count). The molecule has 1 aliphatic rings. The lowest BCUT2D eigenvalue weighted by Gasteiger charge is -2.23. The smallest absolute Gasteiger partial charge is 0.321 e. The molecule has 10 heteroatoms. The third-order valence-electron chi connectivity index (χ3n) is 4.03. The zero-order valence-electron chi connectivity index (χ0n) is 15.6. The molecule has 3 amide bonds. The van der Waals surface area contributed by atoms with Crippen molar-refractivity contribution in [3.8, 4) is 5.69 Å². The normalized spacial score (nSPS) is 16.4. The number of amides is 3. The van der Waals surface area contributed by atoms with Crippen LogP contribution in [-0.2, 0) is 20.7 Å². The number of nitrogens with one attached hydrogen (secondary N) is 2. The molecule has 0 saturated carbocycles. The summed E-state index contributed by atoms with van der Waals surface area (Å²) in [4.78, 5) is 34.9. The van der Waals surface area contributed by atoms with Crippen molar-refractivity contribution in [2.75, 3.05) is 12.4 Å². The number of ether oxygens (including phenoxy) is 1. The number of rotatable bonds is 7. The van der Waals surface area contributed by atoms with Gasteiger partial charge in [0.05, 0.1) is 12.4 Å². The molecule has 0 bridgehead atoms. The number of hydrogen-bond donors (Lipinski definition) is 2. The second-order valence-electron chi connectivity index (χ2n) is 6.29. The van der Waals surface area contributed by atoms with Gasteiger partial charge in [0.15, 0.2) is 5.16 Å². The number of carbonyl (C=O) groups is 3. The van der Waals surface area contributed by atoms with E-state index >= 15 is 0 Å². The Hall–Kier alpha value is -2.88. The molecule has 1 saturated heterocycles. The van der Waals surface area contributed by atoms with Crippen molar-refractivity contribution in [1.82, 2.24) is 25.4 Å². The summed E-state index contributed by atoms with van der Waals surface area (Å²) in [5.74, 6) is 0.0497. The Morgan fingerprint density at radius 3 is 2.89 bits per heavy atom. The third-order valence-corrected chi connectivity index (χ3v) is 4.94. The molecule has 1 fully saturated rings. The molecule has 0 radical (unpaired) electrons. The lowest BCUT2D eigenvalue weighted by molar-refractivity contribution is -0.139. The average molecular weight is 403 g/mol. The van der Waals surface area contributed by atoms with E-state index in [0.29, 0.717) is 24.0 Å². The second-order valence-corrected chi connectivity index (χ2v) is 7.24. The van der Waals surface area contributed by atoms with Crippen LogP contribution in [0.2, 0.25) is 0 Å². The number of esters is 1. The first-order valence-corrected chi connectivity index (χ1v) is 9.85. The largest absolute Gasteiger partial charge is 0.465 e. The number of aryl methyl sites for hydroxylation is 1. The molecule has 1 atom stereocenters. The van der Waals surface area contributed by atoms with Crippen LogP contribution in [0.1, 0.15) is 24.7 Å². The monoisotopic (exact) mass is 403 g/mol. The zero-order chi connectivity index (χ0) is 20.1. The van der Waals surface area contributed by atoms with Gasteiger partial charge in [0.1, 0.15) is 5.82 Å². The molecule has 2 heterocycles. The standard InChI is InChI=1S/C18H21N5O4S/c1-3-27-16(25)10-28-18-22-21-14(8-12-9-15(24)20-17(26)19-12)23(18)13-6-4-5-11(2)7-13/h4-7,12H,3,8-10H2,1-2H3,(H2,19,20,24,26). The maximum Gasteiger partial charge on any atom is 0.321 e. The Morgan fingerprint density at radius 2 is 2.18 bits per heavy atom. The fourth-order valence-electron chi connectivity index (χ4n) is 2.90. The van der Waals surface area contributed by atoms with Gasteiger partial charge < -0.3 is 10.1 Å². The van der Waals surface area contributed by atoms with Crippen molar-refractivity contribution in [3.63, 3.8) is 0 Å². The highest BCUT2D eigenvalue weighted by Crippen LogP contribution is 2.24. The van der Waals surface area contributed by atoms with Crippen LogP contribution in [0.15, 0.2) is 29.4 Å². The number of imide groups is 1. The van der Waals surface area contributed by atoms with Gasteiger partial charge in [-0.1, -0.05) is 23.9 Å². The van der Waals surface area contributed by atoms with Crippen molar-refractivity contribution < 1.29 is 19.1 Å². The van der Waals surface area contributed by atoms with Crippen LogP contribution < -0.4 is 10.6 Å². The second kappa shape index (κ2) is 8.87. The Kier molecular flexibility index (Phi) is 6.30. The Balaban J connectivity index is 1.88. The molecule has 1 aromatic heterocycles. The SMILES string of the molecule is CCOC(=O)CSc1nnc(CC2CC(=O)NC(=O)N2)n1-c1cccc(C)c1. The number of benzene rings is 1. The first kappa shape index (κ1) is 19.9. The highest BCUT2D eigenvalue weighted by molar-refractivity contribution is 7.99. The van der Waals surface area contributed by atoms with E-state index in [0.717, 1.165) is 11.3 Å². The van der Waals surface area contributed by atoms with Crippen molar-refractivity contribution in [3.05, 3.63) is 35.7 Å². The molecule has 148 valence electrons. The van der Waals surface area contributed by atoms with Crippen molar-refractivity contribution in [2.45, 2.75) is 37.9 Å².